The summed E-state index contributed by atoms with van der Waals surface area (Å²) >= 11 is 3.06. The summed E-state index contributed by atoms with van der Waals surface area (Å²) < 4.78 is 4.66. The highest BCUT2D eigenvalue weighted by molar-refractivity contribution is 9.09. The molecule has 0 aliphatic rings. The van der Waals surface area contributed by atoms with Gasteiger partial charge in [0, 0.05) is 18.9 Å². The number of Topliss-reactive ketones (excluding diaryl/α,β-unsaturated/α-hetero) is 1. The van der Waals surface area contributed by atoms with Gasteiger partial charge in [0.05, 0.1) is 11.0 Å². The van der Waals surface area contributed by atoms with Crippen LogP contribution in [0.2, 0.25) is 0 Å². The van der Waals surface area contributed by atoms with Crippen LogP contribution < -0.4 is 0 Å². The number of rotatable bonds is 4. The van der Waals surface area contributed by atoms with Gasteiger partial charge in [0.1, 0.15) is 0 Å². The van der Waals surface area contributed by atoms with E-state index in [1.54, 1.807) is 12.1 Å². The zero-order valence-electron chi connectivity index (χ0n) is 7.61. The molecule has 0 spiro atoms. The molecule has 1 aromatic heterocycles. The number of methoxy groups -OCH3 is 1. The number of nitrogens with zero attached hydrogens (tertiary/aromatic N) is 1. The van der Waals surface area contributed by atoms with Crippen molar-refractivity contribution >= 4 is 21.7 Å². The second kappa shape index (κ2) is 5.19. The van der Waals surface area contributed by atoms with Gasteiger partial charge in [-0.1, -0.05) is 15.9 Å². The van der Waals surface area contributed by atoms with Crippen LogP contribution >= 0.6 is 15.9 Å². The molecule has 1 heterocycles. The lowest BCUT2D eigenvalue weighted by molar-refractivity contribution is -0.0798. The van der Waals surface area contributed by atoms with E-state index in [0.29, 0.717) is 11.3 Å². The first-order valence-corrected chi connectivity index (χ1v) is 5.07. The maximum absolute atomic E-state index is 11.2. The minimum absolute atomic E-state index is 0.0454. The number of ketones is 1. The van der Waals surface area contributed by atoms with Crippen LogP contribution in [0.25, 0.3) is 0 Å². The minimum atomic E-state index is -1.04. The molecule has 0 amide bonds. The number of pyridine rings is 1. The Morgan fingerprint density at radius 2 is 2.43 bits per heavy atom. The Labute approximate surface area is 90.0 Å². The van der Waals surface area contributed by atoms with E-state index in [1.807, 2.05) is 0 Å². The number of aliphatic hydroxyl groups is 1. The van der Waals surface area contributed by atoms with Crippen LogP contribution in [0.5, 0.6) is 0 Å². The molecular weight excluding hydrogens is 250 g/mol. The molecule has 0 aromatic carbocycles. The summed E-state index contributed by atoms with van der Waals surface area (Å²) in [5.41, 5.74) is 0.896. The number of ether oxygens (including phenoxy) is 1. The van der Waals surface area contributed by atoms with Gasteiger partial charge >= 0.3 is 0 Å². The monoisotopic (exact) mass is 259 g/mol. The van der Waals surface area contributed by atoms with Crippen LogP contribution in [0.3, 0.4) is 0 Å². The zero-order valence-corrected chi connectivity index (χ0v) is 9.19. The molecule has 1 rings (SSSR count). The summed E-state index contributed by atoms with van der Waals surface area (Å²) in [6.07, 6.45) is 0.379. The van der Waals surface area contributed by atoms with Crippen molar-refractivity contribution in [3.8, 4) is 0 Å². The Hall–Kier alpha value is -0.780. The second-order valence-electron chi connectivity index (χ2n) is 2.62. The van der Waals surface area contributed by atoms with Gasteiger partial charge in [0.25, 0.3) is 0 Å². The van der Waals surface area contributed by atoms with Gasteiger partial charge in [-0.2, -0.15) is 0 Å². The average molecular weight is 260 g/mol. The standard InChI is InChI=1S/C9H10BrNO3/c1-14-9(13)7-3-2-6(5-11-7)8(12)4-10/h2-3,5,9,13H,4H2,1H3. The van der Waals surface area contributed by atoms with E-state index in [9.17, 15) is 9.90 Å². The number of carbonyl (C=O) groups is 1. The third kappa shape index (κ3) is 2.60. The van der Waals surface area contributed by atoms with Gasteiger partial charge in [-0.05, 0) is 12.1 Å². The number of aromatic nitrogens is 1. The fourth-order valence-corrected chi connectivity index (χ4v) is 1.24. The first kappa shape index (κ1) is 11.3. The van der Waals surface area contributed by atoms with E-state index in [4.69, 9.17) is 0 Å². The average Bonchev–Trinajstić information content (AvgIpc) is 2.27. The van der Waals surface area contributed by atoms with Crippen LogP contribution in [0, 0.1) is 0 Å². The predicted molar refractivity (Wildman–Crippen MR) is 54.3 cm³/mol. The second-order valence-corrected chi connectivity index (χ2v) is 3.18. The Balaban J connectivity index is 2.83. The molecule has 0 aliphatic carbocycles. The fourth-order valence-electron chi connectivity index (χ4n) is 0.914. The van der Waals surface area contributed by atoms with Crippen molar-refractivity contribution in [3.05, 3.63) is 29.6 Å². The topological polar surface area (TPSA) is 59.4 Å². The first-order chi connectivity index (χ1) is 6.69. The van der Waals surface area contributed by atoms with E-state index in [1.165, 1.54) is 13.3 Å². The lowest BCUT2D eigenvalue weighted by atomic mass is 10.2. The molecular formula is C9H10BrNO3. The number of aliphatic hydroxyl groups excluding tert-OH is 1. The largest absolute Gasteiger partial charge is 0.363 e. The van der Waals surface area contributed by atoms with Gasteiger partial charge in [-0.3, -0.25) is 9.78 Å². The molecule has 1 atom stereocenters. The summed E-state index contributed by atoms with van der Waals surface area (Å²) in [6, 6.07) is 3.16. The van der Waals surface area contributed by atoms with Crippen molar-refractivity contribution in [3.63, 3.8) is 0 Å². The Kier molecular flexibility index (Phi) is 4.19. The van der Waals surface area contributed by atoms with Gasteiger partial charge in [0.15, 0.2) is 12.1 Å². The van der Waals surface area contributed by atoms with Crippen molar-refractivity contribution in [1.29, 1.82) is 0 Å². The van der Waals surface area contributed by atoms with Gasteiger partial charge < -0.3 is 9.84 Å². The molecule has 76 valence electrons. The Bertz CT molecular complexity index is 312. The highest BCUT2D eigenvalue weighted by atomic mass is 79.9. The molecule has 1 unspecified atom stereocenters. The maximum Gasteiger partial charge on any atom is 0.198 e. The lowest BCUT2D eigenvalue weighted by Gasteiger charge is -2.07. The summed E-state index contributed by atoms with van der Waals surface area (Å²) in [5, 5.41) is 9.50. The molecule has 0 saturated heterocycles. The highest BCUT2D eigenvalue weighted by Gasteiger charge is 2.09. The molecule has 14 heavy (non-hydrogen) atoms. The number of carbonyl (C=O) groups excluding carboxylic acids is 1. The minimum Gasteiger partial charge on any atom is -0.363 e. The van der Waals surface area contributed by atoms with Crippen LogP contribution in [0.15, 0.2) is 18.3 Å². The van der Waals surface area contributed by atoms with Crippen LogP contribution in [-0.4, -0.2) is 28.3 Å². The number of alkyl halides is 1. The van der Waals surface area contributed by atoms with Crippen LogP contribution in [0.4, 0.5) is 0 Å². The van der Waals surface area contributed by atoms with E-state index in [0.717, 1.165) is 0 Å². The lowest BCUT2D eigenvalue weighted by Crippen LogP contribution is -2.05. The molecule has 0 bridgehead atoms. The van der Waals surface area contributed by atoms with E-state index < -0.39 is 6.29 Å². The summed E-state index contributed by atoms with van der Waals surface area (Å²) in [6.45, 7) is 0. The predicted octanol–water partition coefficient (Wildman–Crippen LogP) is 1.30. The van der Waals surface area contributed by atoms with E-state index >= 15 is 0 Å². The number of hydrogen-bond donors (Lipinski definition) is 1. The molecule has 0 radical (unpaired) electrons. The Morgan fingerprint density at radius 3 is 2.86 bits per heavy atom. The molecule has 0 saturated carbocycles. The maximum atomic E-state index is 11.2. The summed E-state index contributed by atoms with van der Waals surface area (Å²) in [5.74, 6) is -0.0454. The van der Waals surface area contributed by atoms with Crippen molar-refractivity contribution in [1.82, 2.24) is 4.98 Å². The number of hydrogen-bond acceptors (Lipinski definition) is 4. The van der Waals surface area contributed by atoms with Crippen LogP contribution in [0.1, 0.15) is 22.3 Å². The molecule has 1 N–H and O–H groups in total. The molecule has 5 heteroatoms. The molecule has 0 aliphatic heterocycles. The molecule has 0 fully saturated rings. The SMILES string of the molecule is COC(O)c1ccc(C(=O)CBr)cn1. The van der Waals surface area contributed by atoms with Crippen molar-refractivity contribution in [2.75, 3.05) is 12.4 Å². The van der Waals surface area contributed by atoms with Gasteiger partial charge in [-0.25, -0.2) is 0 Å². The summed E-state index contributed by atoms with van der Waals surface area (Å²) in [4.78, 5) is 15.1. The van der Waals surface area contributed by atoms with Gasteiger partial charge in [0.2, 0.25) is 0 Å². The first-order valence-electron chi connectivity index (χ1n) is 3.95. The van der Waals surface area contributed by atoms with E-state index in [-0.39, 0.29) is 11.1 Å². The Morgan fingerprint density at radius 1 is 1.71 bits per heavy atom. The van der Waals surface area contributed by atoms with Crippen molar-refractivity contribution in [2.45, 2.75) is 6.29 Å². The normalized spacial score (nSPS) is 12.5. The zero-order chi connectivity index (χ0) is 10.6. The third-order valence-corrected chi connectivity index (χ3v) is 2.22. The summed E-state index contributed by atoms with van der Waals surface area (Å²) in [7, 11) is 1.38. The van der Waals surface area contributed by atoms with Crippen LogP contribution in [-0.2, 0) is 4.74 Å². The highest BCUT2D eigenvalue weighted by Crippen LogP contribution is 2.11. The van der Waals surface area contributed by atoms with Gasteiger partial charge in [-0.15, -0.1) is 0 Å². The fraction of sp³-hybridized carbons (Fsp3) is 0.333. The van der Waals surface area contributed by atoms with Crippen molar-refractivity contribution < 1.29 is 14.6 Å². The molecule has 1 aromatic rings. The smallest absolute Gasteiger partial charge is 0.198 e. The quantitative estimate of drug-likeness (QED) is 0.503. The number of halogens is 1. The third-order valence-electron chi connectivity index (χ3n) is 1.71. The van der Waals surface area contributed by atoms with E-state index in [2.05, 4.69) is 25.7 Å². The molecule has 4 nitrogen and oxygen atoms in total. The van der Waals surface area contributed by atoms with Crippen molar-refractivity contribution in [2.24, 2.45) is 0 Å².